The zero-order valence-corrected chi connectivity index (χ0v) is 19.1. The smallest absolute Gasteiger partial charge is 0.444 e. The van der Waals surface area contributed by atoms with E-state index in [2.05, 4.69) is 9.50 Å². The standard InChI is InChI=1S/C21H25F3N2O6S/c1-20(2,3)31-19(28)26-12-14(32-33(29,30)21(22,23)24)11-17(26)18(27)25-16-10-6-8-13-7-4-5-9-15(13)16/h4-5,7,9,11,16-17H,6,8,10,12H2,1-3H3,(H,25,27)/t16-,17+/m1/s1. The lowest BCUT2D eigenvalue weighted by atomic mass is 9.87. The first kappa shape index (κ1) is 24.9. The van der Waals surface area contributed by atoms with Gasteiger partial charge in [-0.3, -0.25) is 9.69 Å². The van der Waals surface area contributed by atoms with Gasteiger partial charge in [-0.25, -0.2) is 4.79 Å². The average Bonchev–Trinajstić information content (AvgIpc) is 3.09. The number of ether oxygens (including phenoxy) is 1. The first-order valence-corrected chi connectivity index (χ1v) is 11.7. The largest absolute Gasteiger partial charge is 0.534 e. The molecule has 2 amide bonds. The van der Waals surface area contributed by atoms with Crippen LogP contribution in [0.25, 0.3) is 0 Å². The van der Waals surface area contributed by atoms with Crippen LogP contribution >= 0.6 is 0 Å². The van der Waals surface area contributed by atoms with E-state index < -0.39 is 51.6 Å². The number of benzene rings is 1. The topological polar surface area (TPSA) is 102 Å². The maximum absolute atomic E-state index is 13.1. The number of aryl methyl sites for hydroxylation is 1. The van der Waals surface area contributed by atoms with Crippen molar-refractivity contribution < 1.29 is 40.1 Å². The molecule has 3 rings (SSSR count). The molecule has 0 saturated heterocycles. The third-order valence-corrected chi connectivity index (χ3v) is 6.09. The lowest BCUT2D eigenvalue weighted by Gasteiger charge is -2.30. The molecule has 2 aliphatic rings. The van der Waals surface area contributed by atoms with Gasteiger partial charge in [0.1, 0.15) is 17.4 Å². The van der Waals surface area contributed by atoms with Crippen LogP contribution in [-0.2, 0) is 30.3 Å². The Bertz CT molecular complexity index is 1060. The SMILES string of the molecule is CC(C)(C)OC(=O)N1CC(OS(=O)(=O)C(F)(F)F)=C[C@H]1C(=O)N[C@@H]1CCCc2ccccc21. The highest BCUT2D eigenvalue weighted by atomic mass is 32.2. The van der Waals surface area contributed by atoms with Crippen molar-refractivity contribution >= 4 is 22.1 Å². The molecule has 1 heterocycles. The molecule has 1 N–H and O–H groups in total. The minimum atomic E-state index is -5.96. The van der Waals surface area contributed by atoms with Gasteiger partial charge >= 0.3 is 21.7 Å². The first-order valence-electron chi connectivity index (χ1n) is 10.3. The average molecular weight is 491 g/mol. The van der Waals surface area contributed by atoms with Gasteiger partial charge in [-0.1, -0.05) is 24.3 Å². The molecule has 0 spiro atoms. The first-order chi connectivity index (χ1) is 15.2. The van der Waals surface area contributed by atoms with E-state index in [0.717, 1.165) is 34.9 Å². The number of carbonyl (C=O) groups excluding carboxylic acids is 2. The van der Waals surface area contributed by atoms with Crippen LogP contribution in [0.5, 0.6) is 0 Å². The summed E-state index contributed by atoms with van der Waals surface area (Å²) in [7, 11) is -5.96. The summed E-state index contributed by atoms with van der Waals surface area (Å²) >= 11 is 0. The zero-order chi connectivity index (χ0) is 24.6. The Kier molecular flexibility index (Phi) is 6.69. The molecule has 0 aromatic heterocycles. The Hall–Kier alpha value is -2.76. The molecule has 8 nitrogen and oxygen atoms in total. The Balaban J connectivity index is 1.85. The second-order valence-corrected chi connectivity index (χ2v) is 10.4. The molecule has 0 bridgehead atoms. The summed E-state index contributed by atoms with van der Waals surface area (Å²) in [6.07, 6.45) is 2.19. The van der Waals surface area contributed by atoms with Crippen molar-refractivity contribution in [3.05, 3.63) is 47.2 Å². The fourth-order valence-corrected chi connectivity index (χ4v) is 4.19. The van der Waals surface area contributed by atoms with Crippen LogP contribution in [0, 0.1) is 0 Å². The lowest BCUT2D eigenvalue weighted by molar-refractivity contribution is -0.125. The van der Waals surface area contributed by atoms with Gasteiger partial charge < -0.3 is 14.2 Å². The highest BCUT2D eigenvalue weighted by Crippen LogP contribution is 2.32. The van der Waals surface area contributed by atoms with E-state index in [9.17, 15) is 31.2 Å². The number of nitrogens with one attached hydrogen (secondary N) is 1. The van der Waals surface area contributed by atoms with E-state index >= 15 is 0 Å². The van der Waals surface area contributed by atoms with Gasteiger partial charge in [-0.05, 0) is 57.2 Å². The second kappa shape index (κ2) is 8.88. The van der Waals surface area contributed by atoms with Crippen molar-refractivity contribution in [1.82, 2.24) is 10.2 Å². The molecule has 1 aromatic carbocycles. The van der Waals surface area contributed by atoms with Crippen molar-refractivity contribution in [3.8, 4) is 0 Å². The fourth-order valence-electron chi connectivity index (χ4n) is 3.70. The molecule has 1 aliphatic carbocycles. The summed E-state index contributed by atoms with van der Waals surface area (Å²) < 4.78 is 70.5. The molecule has 1 aromatic rings. The minimum Gasteiger partial charge on any atom is -0.444 e. The Morgan fingerprint density at radius 1 is 1.15 bits per heavy atom. The summed E-state index contributed by atoms with van der Waals surface area (Å²) in [4.78, 5) is 26.5. The van der Waals surface area contributed by atoms with Crippen LogP contribution in [0.1, 0.15) is 50.8 Å². The number of amides is 2. The normalized spacial score (nSPS) is 21.2. The van der Waals surface area contributed by atoms with Crippen LogP contribution < -0.4 is 5.32 Å². The minimum absolute atomic E-state index is 0.361. The van der Waals surface area contributed by atoms with Gasteiger partial charge in [0.05, 0.1) is 12.6 Å². The van der Waals surface area contributed by atoms with Crippen molar-refractivity contribution in [2.75, 3.05) is 6.54 Å². The van der Waals surface area contributed by atoms with Crippen molar-refractivity contribution in [1.29, 1.82) is 0 Å². The number of nitrogens with zero attached hydrogens (tertiary/aromatic N) is 1. The summed E-state index contributed by atoms with van der Waals surface area (Å²) in [5.74, 6) is -1.38. The van der Waals surface area contributed by atoms with Gasteiger partial charge in [0, 0.05) is 0 Å². The van der Waals surface area contributed by atoms with Crippen LogP contribution in [0.4, 0.5) is 18.0 Å². The van der Waals surface area contributed by atoms with E-state index in [1.807, 2.05) is 24.3 Å². The summed E-state index contributed by atoms with van der Waals surface area (Å²) in [6, 6.07) is 5.77. The summed E-state index contributed by atoms with van der Waals surface area (Å²) in [6.45, 7) is 4.06. The van der Waals surface area contributed by atoms with E-state index in [0.29, 0.717) is 6.42 Å². The van der Waals surface area contributed by atoms with Crippen molar-refractivity contribution in [2.45, 2.75) is 63.2 Å². The second-order valence-electron chi connectivity index (χ2n) is 8.82. The van der Waals surface area contributed by atoms with Gasteiger partial charge in [-0.2, -0.15) is 21.6 Å². The molecule has 2 atom stereocenters. The molecule has 0 radical (unpaired) electrons. The monoisotopic (exact) mass is 490 g/mol. The van der Waals surface area contributed by atoms with Gasteiger partial charge in [0.2, 0.25) is 5.91 Å². The highest BCUT2D eigenvalue weighted by molar-refractivity contribution is 7.87. The van der Waals surface area contributed by atoms with E-state index in [1.54, 1.807) is 20.8 Å². The maximum atomic E-state index is 13.1. The predicted octanol–water partition coefficient (Wildman–Crippen LogP) is 3.55. The van der Waals surface area contributed by atoms with Crippen LogP contribution in [0.15, 0.2) is 36.1 Å². The van der Waals surface area contributed by atoms with E-state index in [-0.39, 0.29) is 6.04 Å². The third kappa shape index (κ3) is 5.79. The van der Waals surface area contributed by atoms with E-state index in [1.165, 1.54) is 0 Å². The molecule has 0 fully saturated rings. The summed E-state index contributed by atoms with van der Waals surface area (Å²) in [5.41, 5.74) is -4.63. The molecule has 182 valence electrons. The number of rotatable bonds is 4. The van der Waals surface area contributed by atoms with Crippen LogP contribution in [0.2, 0.25) is 0 Å². The molecule has 0 saturated carbocycles. The number of carbonyl (C=O) groups is 2. The number of hydrogen-bond acceptors (Lipinski definition) is 6. The molecule has 33 heavy (non-hydrogen) atoms. The van der Waals surface area contributed by atoms with E-state index in [4.69, 9.17) is 4.74 Å². The predicted molar refractivity (Wildman–Crippen MR) is 111 cm³/mol. The van der Waals surface area contributed by atoms with Crippen LogP contribution in [0.3, 0.4) is 0 Å². The van der Waals surface area contributed by atoms with Crippen LogP contribution in [-0.4, -0.2) is 49.0 Å². The molecule has 0 unspecified atom stereocenters. The lowest BCUT2D eigenvalue weighted by Crippen LogP contribution is -2.48. The number of halogens is 3. The van der Waals surface area contributed by atoms with Gasteiger partial charge in [0.25, 0.3) is 0 Å². The van der Waals surface area contributed by atoms with Crippen molar-refractivity contribution in [2.24, 2.45) is 0 Å². The maximum Gasteiger partial charge on any atom is 0.534 e. The zero-order valence-electron chi connectivity index (χ0n) is 18.3. The molecule has 1 aliphatic heterocycles. The number of fused-ring (bicyclic) bond motifs is 1. The summed E-state index contributed by atoms with van der Waals surface area (Å²) in [5, 5.41) is 2.82. The quantitative estimate of drug-likeness (QED) is 0.512. The number of hydrogen-bond donors (Lipinski definition) is 1. The molecular formula is C21H25F3N2O6S. The number of alkyl halides is 3. The van der Waals surface area contributed by atoms with Gasteiger partial charge in [-0.15, -0.1) is 0 Å². The molecule has 12 heteroatoms. The highest BCUT2D eigenvalue weighted by Gasteiger charge is 2.50. The Morgan fingerprint density at radius 3 is 2.45 bits per heavy atom. The third-order valence-electron chi connectivity index (χ3n) is 5.09. The molecular weight excluding hydrogens is 465 g/mol. The van der Waals surface area contributed by atoms with Crippen molar-refractivity contribution in [3.63, 3.8) is 0 Å². The fraction of sp³-hybridized carbons (Fsp3) is 0.524. The van der Waals surface area contributed by atoms with Gasteiger partial charge in [0.15, 0.2) is 0 Å². The Labute approximate surface area is 189 Å². The Morgan fingerprint density at radius 2 is 1.82 bits per heavy atom.